The molecule has 1 aromatic rings. The van der Waals surface area contributed by atoms with Gasteiger partial charge in [-0.2, -0.15) is 0 Å². The summed E-state index contributed by atoms with van der Waals surface area (Å²) >= 11 is 0. The summed E-state index contributed by atoms with van der Waals surface area (Å²) in [6.45, 7) is 2.81. The van der Waals surface area contributed by atoms with Gasteiger partial charge >= 0.3 is 5.69 Å². The summed E-state index contributed by atoms with van der Waals surface area (Å²) < 4.78 is 18.1. The minimum absolute atomic E-state index is 0.0318. The zero-order valence-electron chi connectivity index (χ0n) is 17.7. The Morgan fingerprint density at radius 3 is 2.56 bits per heavy atom. The lowest BCUT2D eigenvalue weighted by Crippen LogP contribution is -2.48. The van der Waals surface area contributed by atoms with Crippen LogP contribution in [0.25, 0.3) is 0 Å². The molecule has 182 valence electrons. The second-order valence-corrected chi connectivity index (χ2v) is 7.98. The Hall–Kier alpha value is -1.68. The van der Waals surface area contributed by atoms with Crippen LogP contribution in [0.1, 0.15) is 26.0 Å². The van der Waals surface area contributed by atoms with Crippen LogP contribution in [0.15, 0.2) is 21.9 Å². The molecule has 13 heteroatoms. The van der Waals surface area contributed by atoms with E-state index >= 15 is 0 Å². The molecule has 3 rings (SSSR count). The number of aliphatic hydroxyl groups excluding tert-OH is 4. The smallest absolute Gasteiger partial charge is 0.330 e. The highest BCUT2D eigenvalue weighted by molar-refractivity contribution is 4.97. The van der Waals surface area contributed by atoms with Crippen molar-refractivity contribution in [3.63, 3.8) is 0 Å². The Morgan fingerprint density at radius 2 is 1.94 bits per heavy atom. The van der Waals surface area contributed by atoms with Crippen molar-refractivity contribution < 1.29 is 34.6 Å². The van der Waals surface area contributed by atoms with E-state index in [2.05, 4.69) is 10.3 Å². The first kappa shape index (κ1) is 25.0. The molecular formula is C19H32N4O9. The van der Waals surface area contributed by atoms with Crippen molar-refractivity contribution >= 4 is 0 Å². The normalized spacial score (nSPS) is 35.9. The molecule has 0 amide bonds. The Labute approximate surface area is 183 Å². The molecule has 1 aromatic heterocycles. The van der Waals surface area contributed by atoms with Gasteiger partial charge in [-0.1, -0.05) is 13.3 Å². The number of aromatic nitrogens is 2. The third kappa shape index (κ3) is 5.27. The maximum atomic E-state index is 12.1. The summed E-state index contributed by atoms with van der Waals surface area (Å²) in [5.41, 5.74) is 4.12. The highest BCUT2D eigenvalue weighted by Gasteiger charge is 2.50. The molecule has 2 aliphatic rings. The van der Waals surface area contributed by atoms with Gasteiger partial charge in [-0.25, -0.2) is 4.79 Å². The van der Waals surface area contributed by atoms with Crippen LogP contribution in [0, 0.1) is 0 Å². The molecule has 32 heavy (non-hydrogen) atoms. The fourth-order valence-electron chi connectivity index (χ4n) is 3.83. The van der Waals surface area contributed by atoms with Crippen molar-refractivity contribution in [2.75, 3.05) is 19.6 Å². The van der Waals surface area contributed by atoms with Crippen molar-refractivity contribution in [2.24, 2.45) is 5.73 Å². The van der Waals surface area contributed by atoms with E-state index in [4.69, 9.17) is 19.9 Å². The van der Waals surface area contributed by atoms with Crippen LogP contribution in [0.2, 0.25) is 0 Å². The lowest BCUT2D eigenvalue weighted by molar-refractivity contribution is -0.219. The Kier molecular flexibility index (Phi) is 8.55. The van der Waals surface area contributed by atoms with Crippen molar-refractivity contribution in [3.8, 4) is 0 Å². The predicted molar refractivity (Wildman–Crippen MR) is 110 cm³/mol. The van der Waals surface area contributed by atoms with Gasteiger partial charge in [0, 0.05) is 25.4 Å². The van der Waals surface area contributed by atoms with Gasteiger partial charge in [0.15, 0.2) is 12.5 Å². The topological polar surface area (TPSA) is 202 Å². The first-order valence-corrected chi connectivity index (χ1v) is 10.7. The highest BCUT2D eigenvalue weighted by Crippen LogP contribution is 2.32. The number of H-pyrrole nitrogens is 1. The molecule has 0 saturated carbocycles. The standard InChI is InChI=1S/C19H32N4O9/c1-2-3-5-21-8-10(31-18-15(28)12(25)9(7-20)30-18)16-13(26)14(27)17(32-16)23-6-4-11(24)22-19(23)29/h4,6,9-10,12-18,21,25-28H,2-3,5,7-8,20H2,1H3,(H,22,24,29)/t9-,10?,12-,13+,14-,15-,16-,17-,18+/m1/s1. The van der Waals surface area contributed by atoms with E-state index in [9.17, 15) is 30.0 Å². The maximum Gasteiger partial charge on any atom is 0.330 e. The minimum Gasteiger partial charge on any atom is -0.387 e. The van der Waals surface area contributed by atoms with Crippen molar-refractivity contribution in [3.05, 3.63) is 33.1 Å². The molecule has 0 aromatic carbocycles. The molecule has 1 unspecified atom stereocenters. The van der Waals surface area contributed by atoms with Crippen LogP contribution in [-0.2, 0) is 14.2 Å². The fraction of sp³-hybridized carbons (Fsp3) is 0.789. The number of hydrogen-bond acceptors (Lipinski definition) is 11. The van der Waals surface area contributed by atoms with E-state index in [0.717, 1.165) is 29.7 Å². The number of unbranched alkanes of at least 4 members (excludes halogenated alkanes) is 1. The monoisotopic (exact) mass is 460 g/mol. The number of aromatic amines is 1. The van der Waals surface area contributed by atoms with Gasteiger partial charge in [0.05, 0.1) is 0 Å². The van der Waals surface area contributed by atoms with Crippen LogP contribution in [-0.4, -0.2) is 98.6 Å². The van der Waals surface area contributed by atoms with Crippen molar-refractivity contribution in [1.29, 1.82) is 0 Å². The number of nitrogens with zero attached hydrogens (tertiary/aromatic N) is 1. The number of ether oxygens (including phenoxy) is 3. The van der Waals surface area contributed by atoms with Gasteiger partial charge in [0.1, 0.15) is 42.7 Å². The van der Waals surface area contributed by atoms with Crippen molar-refractivity contribution in [1.82, 2.24) is 14.9 Å². The van der Waals surface area contributed by atoms with Crippen LogP contribution < -0.4 is 22.3 Å². The van der Waals surface area contributed by atoms with Crippen LogP contribution in [0.5, 0.6) is 0 Å². The van der Waals surface area contributed by atoms with Gasteiger partial charge in [0.25, 0.3) is 5.56 Å². The molecule has 3 heterocycles. The quantitative estimate of drug-likeness (QED) is 0.170. The first-order chi connectivity index (χ1) is 15.3. The third-order valence-electron chi connectivity index (χ3n) is 5.68. The summed E-state index contributed by atoms with van der Waals surface area (Å²) in [6.07, 6.45) is -7.96. The zero-order chi connectivity index (χ0) is 23.4. The summed E-state index contributed by atoms with van der Waals surface area (Å²) in [6, 6.07) is 1.09. The van der Waals surface area contributed by atoms with E-state index in [-0.39, 0.29) is 13.1 Å². The van der Waals surface area contributed by atoms with Crippen LogP contribution >= 0.6 is 0 Å². The third-order valence-corrected chi connectivity index (χ3v) is 5.68. The molecule has 0 bridgehead atoms. The van der Waals surface area contributed by atoms with E-state index < -0.39 is 66.5 Å². The minimum atomic E-state index is -1.50. The van der Waals surface area contributed by atoms with E-state index in [1.165, 1.54) is 0 Å². The Bertz CT molecular complexity index is 849. The molecule has 8 N–H and O–H groups in total. The van der Waals surface area contributed by atoms with Gasteiger partial charge < -0.3 is 45.7 Å². The van der Waals surface area contributed by atoms with Gasteiger partial charge in [-0.3, -0.25) is 14.3 Å². The second kappa shape index (κ2) is 11.0. The van der Waals surface area contributed by atoms with E-state index in [1.54, 1.807) is 0 Å². The van der Waals surface area contributed by atoms with Gasteiger partial charge in [-0.05, 0) is 13.0 Å². The largest absolute Gasteiger partial charge is 0.387 e. The van der Waals surface area contributed by atoms with Gasteiger partial charge in [0.2, 0.25) is 0 Å². The summed E-state index contributed by atoms with van der Waals surface area (Å²) in [5, 5.41) is 44.7. The number of nitrogens with one attached hydrogen (secondary N) is 2. The molecule has 0 radical (unpaired) electrons. The van der Waals surface area contributed by atoms with Crippen molar-refractivity contribution in [2.45, 2.75) is 75.0 Å². The predicted octanol–water partition coefficient (Wildman–Crippen LogP) is -3.66. The molecule has 2 aliphatic heterocycles. The summed E-state index contributed by atoms with van der Waals surface area (Å²) in [5.74, 6) is 0. The van der Waals surface area contributed by atoms with E-state index in [0.29, 0.717) is 6.54 Å². The SMILES string of the molecule is CCCCNCC(O[C@@H]1O[C@H](CN)[C@@H](O)[C@H]1O)[C@H]1O[C@@H](n2ccc(=O)[nH]c2=O)[C@H](O)[C@@H]1O. The number of rotatable bonds is 10. The molecule has 2 fully saturated rings. The van der Waals surface area contributed by atoms with Crippen LogP contribution in [0.4, 0.5) is 0 Å². The molecule has 2 saturated heterocycles. The molecule has 9 atom stereocenters. The van der Waals surface area contributed by atoms with Crippen LogP contribution in [0.3, 0.4) is 0 Å². The zero-order valence-corrected chi connectivity index (χ0v) is 17.7. The van der Waals surface area contributed by atoms with Gasteiger partial charge in [-0.15, -0.1) is 0 Å². The lowest BCUT2D eigenvalue weighted by Gasteiger charge is -2.29. The summed E-state index contributed by atoms with van der Waals surface area (Å²) in [7, 11) is 0. The number of hydrogen-bond donors (Lipinski definition) is 7. The highest BCUT2D eigenvalue weighted by atomic mass is 16.7. The molecule has 0 aliphatic carbocycles. The second-order valence-electron chi connectivity index (χ2n) is 7.98. The number of aliphatic hydroxyl groups is 4. The number of nitrogens with two attached hydrogens (primary N) is 1. The average molecular weight is 460 g/mol. The molecule has 0 spiro atoms. The Balaban J connectivity index is 1.78. The van der Waals surface area contributed by atoms with E-state index in [1.807, 2.05) is 6.92 Å². The summed E-state index contributed by atoms with van der Waals surface area (Å²) in [4.78, 5) is 25.5. The maximum absolute atomic E-state index is 12.1. The Morgan fingerprint density at radius 1 is 1.19 bits per heavy atom. The first-order valence-electron chi connectivity index (χ1n) is 10.7. The molecule has 13 nitrogen and oxygen atoms in total. The molecular weight excluding hydrogens is 428 g/mol. The average Bonchev–Trinajstić information content (AvgIpc) is 3.21. The lowest BCUT2D eigenvalue weighted by atomic mass is 10.0. The fourth-order valence-corrected chi connectivity index (χ4v) is 3.83.